The minimum Gasteiger partial charge on any atom is -0.497 e. The molecule has 0 amide bonds. The van der Waals surface area contributed by atoms with E-state index in [2.05, 4.69) is 0 Å². The smallest absolute Gasteiger partial charge is 0.185 e. The van der Waals surface area contributed by atoms with Crippen molar-refractivity contribution in [1.82, 2.24) is 0 Å². The fourth-order valence-corrected chi connectivity index (χ4v) is 7.07. The van der Waals surface area contributed by atoms with Gasteiger partial charge in [-0.05, 0) is 60.2 Å². The average Bonchev–Trinajstić information content (AvgIpc) is 3.43. The number of halogens is 2. The topological polar surface area (TPSA) is 63.7 Å². The lowest BCUT2D eigenvalue weighted by Crippen LogP contribution is -2.48. The minimum absolute atomic E-state index is 0.279. The molecule has 202 valence electrons. The van der Waals surface area contributed by atoms with Gasteiger partial charge in [0.25, 0.3) is 0 Å². The second-order valence-corrected chi connectivity index (χ2v) is 11.0. The van der Waals surface area contributed by atoms with Crippen LogP contribution in [0.5, 0.6) is 5.75 Å². The molecule has 7 rings (SSSR count). The van der Waals surface area contributed by atoms with Crippen LogP contribution in [-0.4, -0.2) is 36.5 Å². The van der Waals surface area contributed by atoms with E-state index in [0.717, 1.165) is 0 Å². The van der Waals surface area contributed by atoms with Crippen molar-refractivity contribution in [2.45, 2.75) is 18.0 Å². The summed E-state index contributed by atoms with van der Waals surface area (Å²) < 4.78 is 19.9. The van der Waals surface area contributed by atoms with Crippen molar-refractivity contribution in [3.05, 3.63) is 136 Å². The third-order valence-corrected chi connectivity index (χ3v) is 8.87. The van der Waals surface area contributed by atoms with Gasteiger partial charge in [0.2, 0.25) is 0 Å². The molecule has 1 saturated heterocycles. The molecule has 1 aliphatic carbocycles. The van der Waals surface area contributed by atoms with Crippen molar-refractivity contribution < 1.29 is 23.5 Å². The van der Waals surface area contributed by atoms with Gasteiger partial charge in [-0.3, -0.25) is 14.4 Å². The number of carbonyl (C=O) groups is 3. The van der Waals surface area contributed by atoms with Gasteiger partial charge in [-0.25, -0.2) is 4.39 Å². The van der Waals surface area contributed by atoms with Crippen molar-refractivity contribution >= 4 is 40.7 Å². The zero-order valence-electron chi connectivity index (χ0n) is 21.9. The molecule has 0 unspecified atom stereocenters. The van der Waals surface area contributed by atoms with Crippen LogP contribution in [0.4, 0.5) is 10.1 Å². The molecule has 1 fully saturated rings. The second kappa shape index (κ2) is 9.25. The number of ether oxygens (including phenoxy) is 1. The molecule has 5 nitrogen and oxygen atoms in total. The number of rotatable bonds is 4. The summed E-state index contributed by atoms with van der Waals surface area (Å²) in [5.74, 6) is -1.72. The molecule has 0 saturated carbocycles. The molecule has 0 radical (unpaired) electrons. The normalized spacial score (nSPS) is 21.5. The van der Waals surface area contributed by atoms with E-state index in [4.69, 9.17) is 16.3 Å². The van der Waals surface area contributed by atoms with E-state index in [9.17, 15) is 18.8 Å². The van der Waals surface area contributed by atoms with Crippen LogP contribution >= 0.6 is 11.6 Å². The lowest BCUT2D eigenvalue weighted by Gasteiger charge is -2.37. The molecule has 0 N–H and O–H groups in total. The lowest BCUT2D eigenvalue weighted by molar-refractivity contribution is 0.0665. The molecule has 4 aromatic rings. The number of hydrogen-bond donors (Lipinski definition) is 0. The Kier molecular flexibility index (Phi) is 5.73. The Morgan fingerprint density at radius 1 is 0.902 bits per heavy atom. The largest absolute Gasteiger partial charge is 0.497 e. The summed E-state index contributed by atoms with van der Waals surface area (Å²) in [6, 6.07) is 23.1. The molecule has 0 aromatic heterocycles. The first-order chi connectivity index (χ1) is 19.9. The van der Waals surface area contributed by atoms with Gasteiger partial charge in [-0.2, -0.15) is 0 Å². The maximum absolute atomic E-state index is 14.6. The molecule has 7 heteroatoms. The van der Waals surface area contributed by atoms with Crippen LogP contribution in [0, 0.1) is 11.2 Å². The van der Waals surface area contributed by atoms with Crippen LogP contribution < -0.4 is 9.64 Å². The van der Waals surface area contributed by atoms with E-state index < -0.39 is 29.2 Å². The zero-order valence-corrected chi connectivity index (χ0v) is 22.6. The van der Waals surface area contributed by atoms with Crippen LogP contribution in [0.1, 0.15) is 48.1 Å². The van der Waals surface area contributed by atoms with Crippen molar-refractivity contribution in [2.24, 2.45) is 5.41 Å². The molecule has 2 aliphatic heterocycles. The average molecular weight is 564 g/mol. The number of benzene rings is 4. The van der Waals surface area contributed by atoms with Gasteiger partial charge >= 0.3 is 0 Å². The fourth-order valence-electron chi connectivity index (χ4n) is 6.94. The van der Waals surface area contributed by atoms with E-state index in [1.54, 1.807) is 92.1 Å². The van der Waals surface area contributed by atoms with Crippen molar-refractivity contribution in [1.29, 1.82) is 0 Å². The maximum Gasteiger partial charge on any atom is 0.185 e. The van der Waals surface area contributed by atoms with Crippen molar-refractivity contribution in [3.8, 4) is 5.75 Å². The summed E-state index contributed by atoms with van der Waals surface area (Å²) in [4.78, 5) is 45.7. The lowest BCUT2D eigenvalue weighted by atomic mass is 9.64. The van der Waals surface area contributed by atoms with Gasteiger partial charge in [0, 0.05) is 38.9 Å². The summed E-state index contributed by atoms with van der Waals surface area (Å²) in [5.41, 5.74) is 1.17. The van der Waals surface area contributed by atoms with E-state index in [0.29, 0.717) is 44.3 Å². The molecule has 41 heavy (non-hydrogen) atoms. The predicted molar refractivity (Wildman–Crippen MR) is 155 cm³/mol. The summed E-state index contributed by atoms with van der Waals surface area (Å²) in [6.45, 7) is 0. The number of ketones is 3. The molecule has 3 aliphatic rings. The number of carbonyl (C=O) groups excluding carboxylic acids is 3. The van der Waals surface area contributed by atoms with Gasteiger partial charge in [-0.15, -0.1) is 0 Å². The van der Waals surface area contributed by atoms with Gasteiger partial charge in [-0.1, -0.05) is 60.2 Å². The van der Waals surface area contributed by atoms with Gasteiger partial charge in [0.1, 0.15) is 23.0 Å². The molecular weight excluding hydrogens is 541 g/mol. The summed E-state index contributed by atoms with van der Waals surface area (Å²) in [5, 5.41) is 0.477. The molecular formula is C34H23ClFNO4. The van der Waals surface area contributed by atoms with Crippen molar-refractivity contribution in [3.63, 3.8) is 0 Å². The molecule has 2 heterocycles. The Morgan fingerprint density at radius 3 is 2.29 bits per heavy atom. The van der Waals surface area contributed by atoms with E-state index in [1.165, 1.54) is 12.1 Å². The molecule has 4 aromatic carbocycles. The van der Waals surface area contributed by atoms with Crippen LogP contribution in [0.25, 0.3) is 6.08 Å². The number of anilines is 1. The van der Waals surface area contributed by atoms with Gasteiger partial charge in [0.15, 0.2) is 17.3 Å². The Bertz CT molecular complexity index is 1760. The Morgan fingerprint density at radius 2 is 1.61 bits per heavy atom. The highest BCUT2D eigenvalue weighted by Gasteiger charge is 2.71. The van der Waals surface area contributed by atoms with E-state index in [-0.39, 0.29) is 17.3 Å². The highest BCUT2D eigenvalue weighted by atomic mass is 35.5. The Balaban J connectivity index is 1.55. The highest BCUT2D eigenvalue weighted by molar-refractivity contribution is 6.32. The standard InChI is InChI=1S/C34H23ClFNO4/c1-41-24-6-4-5-21(18-24)29-30(31(38)19-9-12-22(35)13-10-19)37-27-15-14-23(36)17-20(27)11-16-28(37)34(29)32(39)25-7-2-3-8-26(25)33(34)40/h2-18,28-30H,1H3/t28-,29+,30+/m0/s1. The minimum atomic E-state index is -1.65. The zero-order chi connectivity index (χ0) is 28.5. The first-order valence-electron chi connectivity index (χ1n) is 13.2. The Labute approximate surface area is 240 Å². The quantitative estimate of drug-likeness (QED) is 0.202. The predicted octanol–water partition coefficient (Wildman–Crippen LogP) is 6.80. The third-order valence-electron chi connectivity index (χ3n) is 8.62. The number of Topliss-reactive ketones (excluding diaryl/α,β-unsaturated/α-hetero) is 3. The van der Waals surface area contributed by atoms with Crippen LogP contribution in [0.2, 0.25) is 5.02 Å². The summed E-state index contributed by atoms with van der Waals surface area (Å²) >= 11 is 6.15. The van der Waals surface area contributed by atoms with Crippen LogP contribution in [0.15, 0.2) is 97.1 Å². The first-order valence-corrected chi connectivity index (χ1v) is 13.6. The SMILES string of the molecule is COc1cccc([C@@H]2[C@H](C(=O)c3ccc(Cl)cc3)N3c4ccc(F)cc4C=C[C@H]3C23C(=O)c2ccccc2C3=O)c1. The summed E-state index contributed by atoms with van der Waals surface area (Å²) in [6.07, 6.45) is 3.51. The van der Waals surface area contributed by atoms with Crippen molar-refractivity contribution in [2.75, 3.05) is 12.0 Å². The number of fused-ring (bicyclic) bond motifs is 5. The summed E-state index contributed by atoms with van der Waals surface area (Å²) in [7, 11) is 1.54. The van der Waals surface area contributed by atoms with Gasteiger partial charge in [0.05, 0.1) is 13.2 Å². The van der Waals surface area contributed by atoms with E-state index >= 15 is 0 Å². The van der Waals surface area contributed by atoms with Crippen LogP contribution in [0.3, 0.4) is 0 Å². The fraction of sp³-hybridized carbons (Fsp3) is 0.147. The monoisotopic (exact) mass is 563 g/mol. The number of nitrogens with zero attached hydrogens (tertiary/aromatic N) is 1. The molecule has 0 bridgehead atoms. The van der Waals surface area contributed by atoms with Gasteiger partial charge < -0.3 is 9.64 Å². The van der Waals surface area contributed by atoms with E-state index in [1.807, 2.05) is 11.0 Å². The first kappa shape index (κ1) is 25.4. The number of hydrogen-bond acceptors (Lipinski definition) is 5. The van der Waals surface area contributed by atoms with Crippen LogP contribution in [-0.2, 0) is 0 Å². The Hall–Kier alpha value is -4.55. The molecule has 3 atom stereocenters. The number of methoxy groups -OCH3 is 1. The highest BCUT2D eigenvalue weighted by Crippen LogP contribution is 2.61. The second-order valence-electron chi connectivity index (χ2n) is 10.6. The maximum atomic E-state index is 14.6. The molecule has 1 spiro atoms. The third kappa shape index (κ3) is 3.50.